The molecule has 0 fully saturated rings. The zero-order valence-electron chi connectivity index (χ0n) is 22.3. The van der Waals surface area contributed by atoms with Gasteiger partial charge in [0, 0.05) is 44.0 Å². The van der Waals surface area contributed by atoms with Crippen LogP contribution in [0.3, 0.4) is 0 Å². The minimum atomic E-state index is -0.400. The van der Waals surface area contributed by atoms with Gasteiger partial charge in [-0.15, -0.1) is 0 Å². The van der Waals surface area contributed by atoms with E-state index < -0.39 is 5.82 Å². The van der Waals surface area contributed by atoms with Crippen molar-refractivity contribution in [2.24, 2.45) is 0 Å². The monoisotopic (exact) mass is 535 g/mol. The van der Waals surface area contributed by atoms with Gasteiger partial charge in [0.1, 0.15) is 5.82 Å². The molecule has 0 unspecified atom stereocenters. The lowest BCUT2D eigenvalue weighted by molar-refractivity contribution is 0.629. The van der Waals surface area contributed by atoms with Crippen molar-refractivity contribution >= 4 is 72.4 Å². The molecule has 2 aliphatic rings. The summed E-state index contributed by atoms with van der Waals surface area (Å²) in [6, 6.07) is 39.6. The molecular formula is C37H19BFN3. The molecule has 0 saturated carbocycles. The Morgan fingerprint density at radius 2 is 1.14 bits per heavy atom. The fraction of sp³-hybridized carbons (Fsp3) is 0. The van der Waals surface area contributed by atoms with Gasteiger partial charge in [-0.2, -0.15) is 0 Å². The molecule has 0 atom stereocenters. The van der Waals surface area contributed by atoms with Gasteiger partial charge in [-0.3, -0.25) is 0 Å². The molecule has 6 aromatic carbocycles. The van der Waals surface area contributed by atoms with E-state index in [1.807, 2.05) is 0 Å². The zero-order valence-corrected chi connectivity index (χ0v) is 22.3. The van der Waals surface area contributed by atoms with Gasteiger partial charge in [0.2, 0.25) is 0 Å². The van der Waals surface area contributed by atoms with Gasteiger partial charge in [0.15, 0.2) is 5.69 Å². The maximum atomic E-state index is 14.3. The SMILES string of the molecule is [C-]#[N+]c1cc(F)ccc1-c1cc2c3c(c1)-n1c4ccccc4c4cccc(c41)B3c1cccc3c4ccccc4n-2c13. The number of benzene rings is 6. The number of nitrogens with zero attached hydrogens (tertiary/aromatic N) is 3. The summed E-state index contributed by atoms with van der Waals surface area (Å²) < 4.78 is 19.1. The summed E-state index contributed by atoms with van der Waals surface area (Å²) in [7, 11) is 0. The third-order valence-corrected chi connectivity index (χ3v) is 9.37. The minimum absolute atomic E-state index is 0.0543. The van der Waals surface area contributed by atoms with Crippen LogP contribution in [0.1, 0.15) is 0 Å². The Bertz CT molecular complexity index is 2420. The highest BCUT2D eigenvalue weighted by Gasteiger charge is 2.40. The van der Waals surface area contributed by atoms with Crippen molar-refractivity contribution in [2.75, 3.05) is 0 Å². The molecule has 192 valence electrons. The predicted octanol–water partition coefficient (Wildman–Crippen LogP) is 7.38. The Hall–Kier alpha value is -5.60. The molecule has 0 bridgehead atoms. The van der Waals surface area contributed by atoms with Gasteiger partial charge in [-0.05, 0) is 63.9 Å². The van der Waals surface area contributed by atoms with Crippen LogP contribution < -0.4 is 16.4 Å². The van der Waals surface area contributed by atoms with E-state index in [1.54, 1.807) is 6.07 Å². The van der Waals surface area contributed by atoms with Gasteiger partial charge < -0.3 is 9.13 Å². The predicted molar refractivity (Wildman–Crippen MR) is 171 cm³/mol. The van der Waals surface area contributed by atoms with Crippen molar-refractivity contribution < 1.29 is 4.39 Å². The smallest absolute Gasteiger partial charge is 0.252 e. The topological polar surface area (TPSA) is 14.2 Å². The third-order valence-electron chi connectivity index (χ3n) is 9.37. The number of aromatic nitrogens is 2. The van der Waals surface area contributed by atoms with Crippen molar-refractivity contribution in [1.82, 2.24) is 9.13 Å². The molecule has 3 nitrogen and oxygen atoms in total. The molecule has 0 saturated heterocycles. The Morgan fingerprint density at radius 1 is 0.595 bits per heavy atom. The van der Waals surface area contributed by atoms with E-state index in [9.17, 15) is 4.39 Å². The molecule has 8 aromatic rings. The molecule has 0 N–H and O–H groups in total. The van der Waals surface area contributed by atoms with E-state index in [0.29, 0.717) is 5.69 Å². The minimum Gasteiger partial charge on any atom is -0.310 e. The van der Waals surface area contributed by atoms with Crippen LogP contribution in [0, 0.1) is 12.4 Å². The second-order valence-corrected chi connectivity index (χ2v) is 11.3. The highest BCUT2D eigenvalue weighted by molar-refractivity contribution is 7.00. The van der Waals surface area contributed by atoms with Crippen LogP contribution in [-0.4, -0.2) is 15.8 Å². The zero-order chi connectivity index (χ0) is 27.7. The molecule has 42 heavy (non-hydrogen) atoms. The maximum Gasteiger partial charge on any atom is 0.252 e. The largest absolute Gasteiger partial charge is 0.310 e. The molecule has 0 radical (unpaired) electrons. The van der Waals surface area contributed by atoms with Crippen molar-refractivity contribution in [3.05, 3.63) is 132 Å². The second kappa shape index (κ2) is 7.57. The lowest BCUT2D eigenvalue weighted by Crippen LogP contribution is -2.59. The normalized spacial score (nSPS) is 12.8. The number of hydrogen-bond donors (Lipinski definition) is 0. The Kier molecular flexibility index (Phi) is 3.99. The summed E-state index contributed by atoms with van der Waals surface area (Å²) in [5.74, 6) is -0.400. The lowest BCUT2D eigenvalue weighted by atomic mass is 9.34. The van der Waals surface area contributed by atoms with Crippen molar-refractivity contribution in [1.29, 1.82) is 0 Å². The van der Waals surface area contributed by atoms with Crippen LogP contribution in [0.25, 0.3) is 71.0 Å². The van der Waals surface area contributed by atoms with E-state index in [4.69, 9.17) is 6.57 Å². The van der Waals surface area contributed by atoms with Gasteiger partial charge in [0.25, 0.3) is 6.71 Å². The molecule has 0 aliphatic carbocycles. The number of rotatable bonds is 1. The summed E-state index contributed by atoms with van der Waals surface area (Å²) in [5, 5.41) is 4.92. The Balaban J connectivity index is 1.47. The van der Waals surface area contributed by atoms with E-state index in [1.165, 1.54) is 61.1 Å². The first kappa shape index (κ1) is 22.1. The molecule has 0 spiro atoms. The van der Waals surface area contributed by atoms with Crippen molar-refractivity contribution in [3.63, 3.8) is 0 Å². The third kappa shape index (κ3) is 2.52. The fourth-order valence-corrected chi connectivity index (χ4v) is 7.82. The van der Waals surface area contributed by atoms with Gasteiger partial charge in [-0.25, -0.2) is 9.24 Å². The van der Waals surface area contributed by atoms with Crippen molar-refractivity contribution in [3.8, 4) is 22.5 Å². The number of para-hydroxylation sites is 4. The quantitative estimate of drug-likeness (QED) is 0.154. The summed E-state index contributed by atoms with van der Waals surface area (Å²) in [6.07, 6.45) is 0. The molecule has 2 aromatic heterocycles. The molecule has 4 heterocycles. The molecular weight excluding hydrogens is 516 g/mol. The van der Waals surface area contributed by atoms with Crippen LogP contribution in [0.2, 0.25) is 0 Å². The first-order valence-electron chi connectivity index (χ1n) is 14.1. The van der Waals surface area contributed by atoms with E-state index in [0.717, 1.165) is 33.5 Å². The van der Waals surface area contributed by atoms with Crippen LogP contribution in [0.5, 0.6) is 0 Å². The Labute approximate surface area is 240 Å². The van der Waals surface area contributed by atoms with Crippen LogP contribution in [0.4, 0.5) is 10.1 Å². The summed E-state index contributed by atoms with van der Waals surface area (Å²) >= 11 is 0. The first-order chi connectivity index (χ1) is 20.7. The highest BCUT2D eigenvalue weighted by atomic mass is 19.1. The number of hydrogen-bond acceptors (Lipinski definition) is 0. The van der Waals surface area contributed by atoms with Crippen molar-refractivity contribution in [2.45, 2.75) is 0 Å². The van der Waals surface area contributed by atoms with E-state index >= 15 is 0 Å². The average molecular weight is 535 g/mol. The molecule has 10 rings (SSSR count). The molecule has 5 heteroatoms. The summed E-state index contributed by atoms with van der Waals surface area (Å²) in [4.78, 5) is 3.73. The summed E-state index contributed by atoms with van der Waals surface area (Å²) in [6.45, 7) is 7.91. The van der Waals surface area contributed by atoms with Crippen LogP contribution in [0.15, 0.2) is 115 Å². The maximum absolute atomic E-state index is 14.3. The second-order valence-electron chi connectivity index (χ2n) is 11.3. The average Bonchev–Trinajstić information content (AvgIpc) is 3.56. The fourth-order valence-electron chi connectivity index (χ4n) is 7.82. The number of fused-ring (bicyclic) bond motifs is 10. The van der Waals surface area contributed by atoms with Gasteiger partial charge in [0.05, 0.1) is 17.6 Å². The molecule has 0 amide bonds. The molecule has 2 aliphatic heterocycles. The lowest BCUT2D eigenvalue weighted by Gasteiger charge is -2.34. The van der Waals surface area contributed by atoms with E-state index in [-0.39, 0.29) is 6.71 Å². The number of halogens is 1. The van der Waals surface area contributed by atoms with Crippen LogP contribution in [-0.2, 0) is 0 Å². The van der Waals surface area contributed by atoms with Gasteiger partial charge >= 0.3 is 0 Å². The standard InChI is InChI=1S/C37H19BFN3/c1-40-30-20-22(39)16-17-23(30)21-18-33-35-34(19-21)42-32-15-5-3-9-25(32)27-11-7-13-29(37(27)42)38(35)28-12-6-10-26-24-8-2-4-14-31(24)41(33)36(26)28/h2-20H. The Morgan fingerprint density at radius 3 is 1.71 bits per heavy atom. The van der Waals surface area contributed by atoms with Crippen LogP contribution >= 0.6 is 0 Å². The first-order valence-corrected chi connectivity index (χ1v) is 14.1. The summed E-state index contributed by atoms with van der Waals surface area (Å²) in [5.41, 5.74) is 12.8. The van der Waals surface area contributed by atoms with Gasteiger partial charge in [-0.1, -0.05) is 78.9 Å². The van der Waals surface area contributed by atoms with E-state index in [2.05, 4.69) is 111 Å². The highest BCUT2D eigenvalue weighted by Crippen LogP contribution is 2.41.